The van der Waals surface area contributed by atoms with E-state index < -0.39 is 12.1 Å². The van der Waals surface area contributed by atoms with Gasteiger partial charge < -0.3 is 14.4 Å². The second kappa shape index (κ2) is 7.35. The van der Waals surface area contributed by atoms with Crippen LogP contribution < -0.4 is 9.64 Å². The number of hydrogen-bond donors (Lipinski definition) is 0. The molecule has 1 aliphatic rings. The van der Waals surface area contributed by atoms with Crippen molar-refractivity contribution in [1.29, 1.82) is 0 Å². The smallest absolute Gasteiger partial charge is 0.342 e. The van der Waals surface area contributed by atoms with Crippen LogP contribution >= 0.6 is 0 Å². The van der Waals surface area contributed by atoms with Crippen molar-refractivity contribution in [3.05, 3.63) is 71.8 Å². The van der Waals surface area contributed by atoms with E-state index in [9.17, 15) is 9.59 Å². The summed E-state index contributed by atoms with van der Waals surface area (Å²) in [5.41, 5.74) is 2.33. The van der Waals surface area contributed by atoms with Crippen LogP contribution in [-0.2, 0) is 16.0 Å². The van der Waals surface area contributed by atoms with Crippen molar-refractivity contribution in [3.63, 3.8) is 0 Å². The molecule has 5 heteroatoms. The van der Waals surface area contributed by atoms with Crippen molar-refractivity contribution < 1.29 is 19.1 Å². The molecule has 5 nitrogen and oxygen atoms in total. The molecule has 0 aromatic heterocycles. The molecule has 4 rings (SSSR count). The number of carbonyl (C=O) groups excluding carboxylic acids is 2. The Bertz CT molecular complexity index is 1060. The molecule has 3 aromatic rings. The predicted octanol–water partition coefficient (Wildman–Crippen LogP) is 3.98. The van der Waals surface area contributed by atoms with Crippen molar-refractivity contribution in [3.8, 4) is 5.75 Å². The summed E-state index contributed by atoms with van der Waals surface area (Å²) in [6.07, 6.45) is -0.0870. The third kappa shape index (κ3) is 3.20. The van der Waals surface area contributed by atoms with Gasteiger partial charge in [0.15, 0.2) is 6.10 Å². The molecule has 1 heterocycles. The Hall–Kier alpha value is -3.34. The zero-order valence-electron chi connectivity index (χ0n) is 15.8. The molecule has 3 aromatic carbocycles. The number of methoxy groups -OCH3 is 1. The van der Waals surface area contributed by atoms with Crippen LogP contribution in [0.2, 0.25) is 0 Å². The number of para-hydroxylation sites is 1. The van der Waals surface area contributed by atoms with Gasteiger partial charge in [0.25, 0.3) is 5.91 Å². The minimum absolute atomic E-state index is 0.224. The number of esters is 1. The number of benzene rings is 3. The Kier molecular flexibility index (Phi) is 4.74. The third-order valence-electron chi connectivity index (χ3n) is 5.07. The van der Waals surface area contributed by atoms with Crippen molar-refractivity contribution in [2.45, 2.75) is 19.4 Å². The highest BCUT2D eigenvalue weighted by Crippen LogP contribution is 2.29. The van der Waals surface area contributed by atoms with Crippen LogP contribution in [0.25, 0.3) is 10.8 Å². The summed E-state index contributed by atoms with van der Waals surface area (Å²) in [5.74, 6) is -0.371. The van der Waals surface area contributed by atoms with Crippen molar-refractivity contribution in [2.75, 3.05) is 18.6 Å². The van der Waals surface area contributed by atoms with Gasteiger partial charge in [0.2, 0.25) is 0 Å². The Balaban J connectivity index is 1.55. The molecule has 0 saturated heterocycles. The SMILES string of the molecule is COc1cc2ccccc2cc1C(=O)O[C@H](C)C(=O)N1CCc2ccccc21. The van der Waals surface area contributed by atoms with Gasteiger partial charge >= 0.3 is 5.97 Å². The summed E-state index contributed by atoms with van der Waals surface area (Å²) in [4.78, 5) is 27.3. The Labute approximate surface area is 163 Å². The molecule has 0 unspecified atom stereocenters. The minimum Gasteiger partial charge on any atom is -0.496 e. The fourth-order valence-corrected chi connectivity index (χ4v) is 3.61. The molecule has 0 radical (unpaired) electrons. The Morgan fingerprint density at radius 2 is 1.68 bits per heavy atom. The van der Waals surface area contributed by atoms with E-state index >= 15 is 0 Å². The van der Waals surface area contributed by atoms with E-state index in [-0.39, 0.29) is 5.91 Å². The summed E-state index contributed by atoms with van der Waals surface area (Å²) in [6.45, 7) is 2.20. The van der Waals surface area contributed by atoms with Crippen LogP contribution in [-0.4, -0.2) is 31.6 Å². The van der Waals surface area contributed by atoms with Crippen LogP contribution in [0.15, 0.2) is 60.7 Å². The lowest BCUT2D eigenvalue weighted by molar-refractivity contribution is -0.126. The number of nitrogens with zero attached hydrogens (tertiary/aromatic N) is 1. The highest BCUT2D eigenvalue weighted by molar-refractivity contribution is 6.02. The molecule has 0 N–H and O–H groups in total. The van der Waals surface area contributed by atoms with E-state index in [0.717, 1.165) is 28.4 Å². The van der Waals surface area contributed by atoms with E-state index in [1.54, 1.807) is 24.0 Å². The third-order valence-corrected chi connectivity index (χ3v) is 5.07. The standard InChI is InChI=1S/C23H21NO4/c1-15(22(25)24-12-11-16-7-5-6-10-20(16)24)28-23(26)19-13-17-8-3-4-9-18(17)14-21(19)27-2/h3-10,13-15H,11-12H2,1-2H3/t15-/m1/s1. The minimum atomic E-state index is -0.894. The number of amides is 1. The summed E-state index contributed by atoms with van der Waals surface area (Å²) in [7, 11) is 1.51. The molecule has 0 fully saturated rings. The molecule has 0 spiro atoms. The molecule has 0 aliphatic carbocycles. The van der Waals surface area contributed by atoms with Crippen LogP contribution in [0.3, 0.4) is 0 Å². The number of carbonyl (C=O) groups is 2. The average Bonchev–Trinajstić information content (AvgIpc) is 3.16. The molecular formula is C23H21NO4. The largest absolute Gasteiger partial charge is 0.496 e. The van der Waals surface area contributed by atoms with Gasteiger partial charge in [-0.2, -0.15) is 0 Å². The van der Waals surface area contributed by atoms with Gasteiger partial charge in [-0.1, -0.05) is 42.5 Å². The summed E-state index contributed by atoms with van der Waals surface area (Å²) < 4.78 is 10.9. The molecule has 1 aliphatic heterocycles. The molecular weight excluding hydrogens is 354 g/mol. The van der Waals surface area contributed by atoms with Crippen LogP contribution in [0.1, 0.15) is 22.8 Å². The first-order chi connectivity index (χ1) is 13.6. The lowest BCUT2D eigenvalue weighted by atomic mass is 10.1. The number of fused-ring (bicyclic) bond motifs is 2. The molecule has 0 saturated carbocycles. The zero-order valence-corrected chi connectivity index (χ0v) is 15.8. The molecule has 1 atom stereocenters. The van der Waals surface area contributed by atoms with Gasteiger partial charge in [-0.15, -0.1) is 0 Å². The number of ether oxygens (including phenoxy) is 2. The predicted molar refractivity (Wildman–Crippen MR) is 108 cm³/mol. The first kappa shape index (κ1) is 18.0. The number of anilines is 1. The Morgan fingerprint density at radius 3 is 2.43 bits per heavy atom. The van der Waals surface area contributed by atoms with Gasteiger partial charge in [0.05, 0.1) is 7.11 Å². The van der Waals surface area contributed by atoms with Gasteiger partial charge in [0, 0.05) is 12.2 Å². The topological polar surface area (TPSA) is 55.8 Å². The molecule has 1 amide bonds. The zero-order chi connectivity index (χ0) is 19.7. The normalized spacial score (nSPS) is 13.9. The van der Waals surface area contributed by atoms with Crippen LogP contribution in [0.5, 0.6) is 5.75 Å². The summed E-state index contributed by atoms with van der Waals surface area (Å²) >= 11 is 0. The van der Waals surface area contributed by atoms with Crippen molar-refractivity contribution in [2.24, 2.45) is 0 Å². The first-order valence-electron chi connectivity index (χ1n) is 9.25. The van der Waals surface area contributed by atoms with E-state index in [4.69, 9.17) is 9.47 Å². The molecule has 0 bridgehead atoms. The van der Waals surface area contributed by atoms with Crippen LogP contribution in [0, 0.1) is 0 Å². The monoisotopic (exact) mass is 375 g/mol. The van der Waals surface area contributed by atoms with E-state index in [1.165, 1.54) is 7.11 Å². The van der Waals surface area contributed by atoms with Gasteiger partial charge in [-0.3, -0.25) is 4.79 Å². The second-order valence-electron chi connectivity index (χ2n) is 6.82. The summed E-state index contributed by atoms with van der Waals surface area (Å²) in [6, 6.07) is 19.0. The van der Waals surface area contributed by atoms with Gasteiger partial charge in [-0.25, -0.2) is 4.79 Å². The average molecular weight is 375 g/mol. The maximum absolute atomic E-state index is 12.9. The van der Waals surface area contributed by atoms with E-state index in [0.29, 0.717) is 17.9 Å². The van der Waals surface area contributed by atoms with Crippen LogP contribution in [0.4, 0.5) is 5.69 Å². The van der Waals surface area contributed by atoms with E-state index in [2.05, 4.69) is 0 Å². The first-order valence-corrected chi connectivity index (χ1v) is 9.25. The maximum atomic E-state index is 12.9. The molecule has 142 valence electrons. The maximum Gasteiger partial charge on any atom is 0.342 e. The number of rotatable bonds is 4. The van der Waals surface area contributed by atoms with Gasteiger partial charge in [0.1, 0.15) is 11.3 Å². The number of hydrogen-bond acceptors (Lipinski definition) is 4. The Morgan fingerprint density at radius 1 is 1.00 bits per heavy atom. The fourth-order valence-electron chi connectivity index (χ4n) is 3.61. The lowest BCUT2D eigenvalue weighted by Crippen LogP contribution is -2.39. The highest BCUT2D eigenvalue weighted by Gasteiger charge is 2.30. The van der Waals surface area contributed by atoms with Crippen molar-refractivity contribution >= 4 is 28.3 Å². The highest BCUT2D eigenvalue weighted by atomic mass is 16.5. The van der Waals surface area contributed by atoms with E-state index in [1.807, 2.05) is 48.5 Å². The van der Waals surface area contributed by atoms with Gasteiger partial charge in [-0.05, 0) is 47.9 Å². The fraction of sp³-hybridized carbons (Fsp3) is 0.217. The lowest BCUT2D eigenvalue weighted by Gasteiger charge is -2.22. The molecule has 28 heavy (non-hydrogen) atoms. The second-order valence-corrected chi connectivity index (χ2v) is 6.82. The van der Waals surface area contributed by atoms with Crippen molar-refractivity contribution in [1.82, 2.24) is 0 Å². The quantitative estimate of drug-likeness (QED) is 0.647. The summed E-state index contributed by atoms with van der Waals surface area (Å²) in [5, 5.41) is 1.87.